The van der Waals surface area contributed by atoms with Crippen molar-refractivity contribution < 1.29 is 4.52 Å². The number of nitrogens with zero attached hydrogens (tertiary/aromatic N) is 5. The molecule has 0 aliphatic carbocycles. The molecule has 0 aliphatic rings. The number of rotatable bonds is 6. The van der Waals surface area contributed by atoms with Crippen LogP contribution in [0, 0.1) is 6.92 Å². The highest BCUT2D eigenvalue weighted by atomic mass is 35.5. The lowest BCUT2D eigenvalue weighted by atomic mass is 10.1. The predicted molar refractivity (Wildman–Crippen MR) is 114 cm³/mol. The van der Waals surface area contributed by atoms with E-state index in [9.17, 15) is 0 Å². The van der Waals surface area contributed by atoms with Gasteiger partial charge in [-0.2, -0.15) is 4.98 Å². The molecule has 2 aromatic carbocycles. The van der Waals surface area contributed by atoms with Crippen LogP contribution in [0.3, 0.4) is 0 Å². The van der Waals surface area contributed by atoms with E-state index in [-0.39, 0.29) is 5.92 Å². The first-order valence-electron chi connectivity index (χ1n) is 9.25. The minimum Gasteiger partial charge on any atom is -0.338 e. The van der Waals surface area contributed by atoms with Gasteiger partial charge in [0, 0.05) is 22.2 Å². The third-order valence-corrected chi connectivity index (χ3v) is 5.49. The van der Waals surface area contributed by atoms with Gasteiger partial charge in [-0.3, -0.25) is 4.57 Å². The molecular weight excluding hydrogens is 406 g/mol. The summed E-state index contributed by atoms with van der Waals surface area (Å²) in [6.07, 6.45) is 0. The molecule has 0 radical (unpaired) electrons. The van der Waals surface area contributed by atoms with E-state index < -0.39 is 0 Å². The normalized spacial score (nSPS) is 11.3. The van der Waals surface area contributed by atoms with Gasteiger partial charge >= 0.3 is 0 Å². The van der Waals surface area contributed by atoms with Crippen LogP contribution < -0.4 is 0 Å². The van der Waals surface area contributed by atoms with Crippen molar-refractivity contribution in [1.82, 2.24) is 24.9 Å². The zero-order valence-electron chi connectivity index (χ0n) is 16.3. The molecule has 6 nitrogen and oxygen atoms in total. The van der Waals surface area contributed by atoms with Crippen molar-refractivity contribution in [2.75, 3.05) is 0 Å². The first-order chi connectivity index (χ1) is 14.0. The minimum absolute atomic E-state index is 0.225. The molecule has 148 valence electrons. The van der Waals surface area contributed by atoms with Crippen LogP contribution >= 0.6 is 23.4 Å². The second kappa shape index (κ2) is 8.39. The number of hydrogen-bond donors (Lipinski definition) is 0. The van der Waals surface area contributed by atoms with Crippen LogP contribution in [0.5, 0.6) is 0 Å². The Hall–Kier alpha value is -2.64. The molecule has 4 rings (SSSR count). The maximum atomic E-state index is 6.09. The van der Waals surface area contributed by atoms with Gasteiger partial charge in [0.1, 0.15) is 0 Å². The summed E-state index contributed by atoms with van der Waals surface area (Å²) in [5.74, 6) is 2.79. The summed E-state index contributed by atoms with van der Waals surface area (Å²) in [4.78, 5) is 4.44. The van der Waals surface area contributed by atoms with Crippen molar-refractivity contribution in [3.05, 3.63) is 70.8 Å². The Bertz CT molecular complexity index is 1120. The van der Waals surface area contributed by atoms with Gasteiger partial charge in [0.15, 0.2) is 16.8 Å². The Balaban J connectivity index is 1.70. The maximum absolute atomic E-state index is 6.09. The lowest BCUT2D eigenvalue weighted by Crippen LogP contribution is -2.00. The first-order valence-corrected chi connectivity index (χ1v) is 10.6. The van der Waals surface area contributed by atoms with Crippen molar-refractivity contribution in [1.29, 1.82) is 0 Å². The highest BCUT2D eigenvalue weighted by Gasteiger charge is 2.18. The van der Waals surface area contributed by atoms with Crippen LogP contribution in [-0.2, 0) is 5.75 Å². The van der Waals surface area contributed by atoms with Crippen LogP contribution in [-0.4, -0.2) is 24.9 Å². The van der Waals surface area contributed by atoms with E-state index >= 15 is 0 Å². The molecule has 2 heterocycles. The fourth-order valence-electron chi connectivity index (χ4n) is 2.84. The number of thioether (sulfide) groups is 1. The van der Waals surface area contributed by atoms with Crippen LogP contribution in [0.4, 0.5) is 0 Å². The molecule has 0 amide bonds. The van der Waals surface area contributed by atoms with Gasteiger partial charge in [-0.05, 0) is 37.3 Å². The third kappa shape index (κ3) is 4.36. The highest BCUT2D eigenvalue weighted by molar-refractivity contribution is 7.98. The number of aromatic nitrogens is 5. The standard InChI is InChI=1S/C21H20ClN5OS/c1-13(2)19-23-18(28-26-19)12-29-21-25-24-20(15-6-4-5-14(3)11-15)27(21)17-9-7-16(22)8-10-17/h4-11,13H,12H2,1-3H3. The van der Waals surface area contributed by atoms with Gasteiger partial charge in [-0.25, -0.2) is 0 Å². The SMILES string of the molecule is Cc1cccc(-c2nnc(SCc3nc(C(C)C)no3)n2-c2ccc(Cl)cc2)c1. The molecule has 8 heteroatoms. The van der Waals surface area contributed by atoms with Gasteiger partial charge in [0.05, 0.1) is 5.75 Å². The van der Waals surface area contributed by atoms with Crippen LogP contribution in [0.1, 0.15) is 37.0 Å². The summed E-state index contributed by atoms with van der Waals surface area (Å²) in [5.41, 5.74) is 3.10. The van der Waals surface area contributed by atoms with E-state index in [0.29, 0.717) is 22.5 Å². The van der Waals surface area contributed by atoms with Gasteiger partial charge < -0.3 is 4.52 Å². The second-order valence-corrected chi connectivity index (χ2v) is 8.36. The molecular formula is C21H20ClN5OS. The molecule has 2 aromatic heterocycles. The Morgan fingerprint density at radius 1 is 1.10 bits per heavy atom. The van der Waals surface area contributed by atoms with E-state index in [4.69, 9.17) is 16.1 Å². The fourth-order valence-corrected chi connectivity index (χ4v) is 3.76. The number of aryl methyl sites for hydroxylation is 1. The summed E-state index contributed by atoms with van der Waals surface area (Å²) in [6.45, 7) is 6.13. The van der Waals surface area contributed by atoms with E-state index in [1.165, 1.54) is 11.8 Å². The maximum Gasteiger partial charge on any atom is 0.237 e. The quantitative estimate of drug-likeness (QED) is 0.369. The van der Waals surface area contributed by atoms with Crippen LogP contribution in [0.25, 0.3) is 17.1 Å². The zero-order valence-corrected chi connectivity index (χ0v) is 17.9. The molecule has 0 spiro atoms. The smallest absolute Gasteiger partial charge is 0.237 e. The van der Waals surface area contributed by atoms with E-state index in [0.717, 1.165) is 27.8 Å². The summed E-state index contributed by atoms with van der Waals surface area (Å²) in [6, 6.07) is 15.8. The lowest BCUT2D eigenvalue weighted by molar-refractivity contribution is 0.382. The Labute approximate surface area is 178 Å². The van der Waals surface area contributed by atoms with Crippen molar-refractivity contribution in [3.63, 3.8) is 0 Å². The number of benzene rings is 2. The Kier molecular flexibility index (Phi) is 5.69. The molecule has 4 aromatic rings. The van der Waals surface area contributed by atoms with Gasteiger partial charge in [0.2, 0.25) is 5.89 Å². The average molecular weight is 426 g/mol. The first kappa shape index (κ1) is 19.7. The van der Waals surface area contributed by atoms with E-state index in [1.807, 2.05) is 54.8 Å². The molecule has 0 aliphatic heterocycles. The molecule has 0 atom stereocenters. The van der Waals surface area contributed by atoms with Crippen LogP contribution in [0.15, 0.2) is 58.2 Å². The second-order valence-electron chi connectivity index (χ2n) is 6.98. The van der Waals surface area contributed by atoms with Crippen molar-refractivity contribution >= 4 is 23.4 Å². The largest absolute Gasteiger partial charge is 0.338 e. The van der Waals surface area contributed by atoms with Crippen molar-refractivity contribution in [3.8, 4) is 17.1 Å². The molecule has 0 N–H and O–H groups in total. The Morgan fingerprint density at radius 3 is 2.59 bits per heavy atom. The molecule has 0 saturated carbocycles. The average Bonchev–Trinajstić information content (AvgIpc) is 3.34. The summed E-state index contributed by atoms with van der Waals surface area (Å²) < 4.78 is 7.38. The molecule has 0 fully saturated rings. The fraction of sp³-hybridized carbons (Fsp3) is 0.238. The number of hydrogen-bond acceptors (Lipinski definition) is 6. The van der Waals surface area contributed by atoms with Crippen molar-refractivity contribution in [2.24, 2.45) is 0 Å². The lowest BCUT2D eigenvalue weighted by Gasteiger charge is -2.10. The molecule has 0 bridgehead atoms. The van der Waals surface area contributed by atoms with E-state index in [2.05, 4.69) is 39.4 Å². The van der Waals surface area contributed by atoms with Gasteiger partial charge in [-0.1, -0.05) is 66.1 Å². The minimum atomic E-state index is 0.225. The predicted octanol–water partition coefficient (Wildman–Crippen LogP) is 5.69. The van der Waals surface area contributed by atoms with Gasteiger partial charge in [0.25, 0.3) is 0 Å². The highest BCUT2D eigenvalue weighted by Crippen LogP contribution is 2.30. The molecule has 29 heavy (non-hydrogen) atoms. The molecule has 0 saturated heterocycles. The van der Waals surface area contributed by atoms with E-state index in [1.54, 1.807) is 0 Å². The number of halogens is 1. The summed E-state index contributed by atoms with van der Waals surface area (Å²) in [5, 5.41) is 14.3. The van der Waals surface area contributed by atoms with Gasteiger partial charge in [-0.15, -0.1) is 10.2 Å². The summed E-state index contributed by atoms with van der Waals surface area (Å²) >= 11 is 7.59. The third-order valence-electron chi connectivity index (χ3n) is 4.32. The van der Waals surface area contributed by atoms with Crippen LogP contribution in [0.2, 0.25) is 5.02 Å². The molecule has 0 unspecified atom stereocenters. The zero-order chi connectivity index (χ0) is 20.4. The topological polar surface area (TPSA) is 69.6 Å². The van der Waals surface area contributed by atoms with Crippen molar-refractivity contribution in [2.45, 2.75) is 37.6 Å². The monoisotopic (exact) mass is 425 g/mol. The summed E-state index contributed by atoms with van der Waals surface area (Å²) in [7, 11) is 0. The Morgan fingerprint density at radius 2 is 1.90 bits per heavy atom.